The van der Waals surface area contributed by atoms with Crippen molar-refractivity contribution in [1.29, 1.82) is 0 Å². The van der Waals surface area contributed by atoms with Crippen LogP contribution in [-0.2, 0) is 4.79 Å². The first-order chi connectivity index (χ1) is 4.15. The van der Waals surface area contributed by atoms with Crippen molar-refractivity contribution in [3.8, 4) is 0 Å². The highest BCUT2D eigenvalue weighted by atomic mass is 16.4. The van der Waals surface area contributed by atoms with Gasteiger partial charge in [0, 0.05) is 6.92 Å². The third-order valence-corrected chi connectivity index (χ3v) is 0.408. The fourth-order valence-electron chi connectivity index (χ4n) is 0.118. The molecule has 0 aliphatic rings. The number of rotatable bonds is 2. The van der Waals surface area contributed by atoms with Crippen LogP contribution in [0.2, 0.25) is 0 Å². The molecule has 0 atom stereocenters. The van der Waals surface area contributed by atoms with E-state index in [1.165, 1.54) is 0 Å². The van der Waals surface area contributed by atoms with E-state index in [9.17, 15) is 0 Å². The molecule has 9 heavy (non-hydrogen) atoms. The first-order valence-corrected chi connectivity index (χ1v) is 2.74. The highest BCUT2D eigenvalue weighted by Crippen LogP contribution is 1.58. The molecular formula is C5H14N2O2. The highest BCUT2D eigenvalue weighted by molar-refractivity contribution is 5.62. The molecule has 0 heterocycles. The number of hydrogen-bond acceptors (Lipinski definition) is 3. The van der Waals surface area contributed by atoms with E-state index in [0.29, 0.717) is 0 Å². The van der Waals surface area contributed by atoms with Crippen LogP contribution < -0.4 is 11.5 Å². The van der Waals surface area contributed by atoms with E-state index in [-0.39, 0.29) is 0 Å². The minimum absolute atomic E-state index is 0.719. The minimum Gasteiger partial charge on any atom is -0.481 e. The fourth-order valence-corrected chi connectivity index (χ4v) is 0.118. The van der Waals surface area contributed by atoms with E-state index in [0.717, 1.165) is 26.4 Å². The molecule has 0 rings (SSSR count). The number of carboxylic acid groups (broad SMARTS) is 1. The van der Waals surface area contributed by atoms with Crippen molar-refractivity contribution in [3.05, 3.63) is 0 Å². The molecule has 0 aromatic rings. The van der Waals surface area contributed by atoms with Gasteiger partial charge in [-0.2, -0.15) is 0 Å². The summed E-state index contributed by atoms with van der Waals surface area (Å²) in [4.78, 5) is 9.00. The van der Waals surface area contributed by atoms with E-state index in [1.54, 1.807) is 0 Å². The maximum atomic E-state index is 9.00. The van der Waals surface area contributed by atoms with Gasteiger partial charge in [-0.05, 0) is 19.5 Å². The van der Waals surface area contributed by atoms with Crippen LogP contribution in [-0.4, -0.2) is 24.2 Å². The van der Waals surface area contributed by atoms with Gasteiger partial charge in [0.15, 0.2) is 0 Å². The summed E-state index contributed by atoms with van der Waals surface area (Å²) in [7, 11) is 0. The van der Waals surface area contributed by atoms with Gasteiger partial charge in [0.2, 0.25) is 0 Å². The molecule has 4 nitrogen and oxygen atoms in total. The molecule has 0 amide bonds. The standard InChI is InChI=1S/C3H10N2.C2H4O2/c4-2-1-3-5;1-2(3)4/h1-5H2;1H3,(H,3,4). The first kappa shape index (κ1) is 11.2. The Bertz CT molecular complexity index is 60.0. The Morgan fingerprint density at radius 2 is 1.67 bits per heavy atom. The third kappa shape index (κ3) is 111. The van der Waals surface area contributed by atoms with Crippen LogP contribution in [0.1, 0.15) is 13.3 Å². The van der Waals surface area contributed by atoms with Crippen LogP contribution in [0.3, 0.4) is 0 Å². The van der Waals surface area contributed by atoms with Crippen LogP contribution >= 0.6 is 0 Å². The second-order valence-corrected chi connectivity index (χ2v) is 1.45. The lowest BCUT2D eigenvalue weighted by Gasteiger charge is -1.81. The lowest BCUT2D eigenvalue weighted by molar-refractivity contribution is -0.134. The van der Waals surface area contributed by atoms with Gasteiger partial charge in [-0.1, -0.05) is 0 Å². The Kier molecular flexibility index (Phi) is 13.0. The zero-order chi connectivity index (χ0) is 7.70. The Hall–Kier alpha value is -0.610. The minimum atomic E-state index is -0.833. The second-order valence-electron chi connectivity index (χ2n) is 1.45. The van der Waals surface area contributed by atoms with E-state index >= 15 is 0 Å². The Morgan fingerprint density at radius 3 is 1.67 bits per heavy atom. The summed E-state index contributed by atoms with van der Waals surface area (Å²) in [6, 6.07) is 0. The zero-order valence-electron chi connectivity index (χ0n) is 5.63. The lowest BCUT2D eigenvalue weighted by atomic mass is 10.4. The predicted molar refractivity (Wildman–Crippen MR) is 36.0 cm³/mol. The van der Waals surface area contributed by atoms with Crippen LogP contribution in [0.15, 0.2) is 0 Å². The second kappa shape index (κ2) is 10.4. The smallest absolute Gasteiger partial charge is 0.300 e. The van der Waals surface area contributed by atoms with Crippen LogP contribution in [0, 0.1) is 0 Å². The average Bonchev–Trinajstić information content (AvgIpc) is 1.66. The maximum Gasteiger partial charge on any atom is 0.300 e. The summed E-state index contributed by atoms with van der Waals surface area (Å²) >= 11 is 0. The molecule has 0 aromatic carbocycles. The number of hydrogen-bond donors (Lipinski definition) is 3. The molecule has 5 N–H and O–H groups in total. The van der Waals surface area contributed by atoms with Crippen molar-refractivity contribution >= 4 is 5.97 Å². The summed E-state index contributed by atoms with van der Waals surface area (Å²) in [5, 5.41) is 7.42. The summed E-state index contributed by atoms with van der Waals surface area (Å²) < 4.78 is 0. The SMILES string of the molecule is CC(=O)O.NCCCN. The van der Waals surface area contributed by atoms with E-state index in [4.69, 9.17) is 21.4 Å². The normalized spacial score (nSPS) is 7.44. The number of aliphatic carboxylic acids is 1. The molecule has 0 aromatic heterocycles. The zero-order valence-corrected chi connectivity index (χ0v) is 5.63. The predicted octanol–water partition coefficient (Wildman–Crippen LogP) is -0.615. The number of nitrogens with two attached hydrogens (primary N) is 2. The van der Waals surface area contributed by atoms with Gasteiger partial charge in [-0.15, -0.1) is 0 Å². The molecule has 0 fully saturated rings. The largest absolute Gasteiger partial charge is 0.481 e. The molecule has 56 valence electrons. The molecule has 0 saturated carbocycles. The van der Waals surface area contributed by atoms with E-state index in [2.05, 4.69) is 0 Å². The highest BCUT2D eigenvalue weighted by Gasteiger charge is 1.67. The molecule has 4 heteroatoms. The van der Waals surface area contributed by atoms with Crippen molar-refractivity contribution in [2.24, 2.45) is 11.5 Å². The van der Waals surface area contributed by atoms with Crippen LogP contribution in [0.25, 0.3) is 0 Å². The Morgan fingerprint density at radius 1 is 1.44 bits per heavy atom. The van der Waals surface area contributed by atoms with Gasteiger partial charge in [-0.3, -0.25) is 4.79 Å². The lowest BCUT2D eigenvalue weighted by Crippen LogP contribution is -2.06. The molecule has 0 aliphatic carbocycles. The van der Waals surface area contributed by atoms with E-state index < -0.39 is 5.97 Å². The van der Waals surface area contributed by atoms with E-state index in [1.807, 2.05) is 0 Å². The van der Waals surface area contributed by atoms with Crippen LogP contribution in [0.5, 0.6) is 0 Å². The summed E-state index contributed by atoms with van der Waals surface area (Å²) in [6.45, 7) is 2.52. The van der Waals surface area contributed by atoms with Crippen molar-refractivity contribution < 1.29 is 9.90 Å². The molecule has 0 saturated heterocycles. The van der Waals surface area contributed by atoms with Gasteiger partial charge >= 0.3 is 0 Å². The first-order valence-electron chi connectivity index (χ1n) is 2.74. The van der Waals surface area contributed by atoms with Crippen molar-refractivity contribution in [2.45, 2.75) is 13.3 Å². The number of carbonyl (C=O) groups is 1. The Labute approximate surface area is 54.8 Å². The molecule has 0 aliphatic heterocycles. The summed E-state index contributed by atoms with van der Waals surface area (Å²) in [6.07, 6.45) is 0.944. The molecule has 0 unspecified atom stereocenters. The molecule has 0 radical (unpaired) electrons. The molecule has 0 bridgehead atoms. The monoisotopic (exact) mass is 134 g/mol. The van der Waals surface area contributed by atoms with Crippen LogP contribution in [0.4, 0.5) is 0 Å². The van der Waals surface area contributed by atoms with Crippen molar-refractivity contribution in [2.75, 3.05) is 13.1 Å². The van der Waals surface area contributed by atoms with Gasteiger partial charge in [-0.25, -0.2) is 0 Å². The topological polar surface area (TPSA) is 89.3 Å². The number of carboxylic acids is 1. The van der Waals surface area contributed by atoms with Gasteiger partial charge < -0.3 is 16.6 Å². The molecular weight excluding hydrogens is 120 g/mol. The molecule has 0 spiro atoms. The van der Waals surface area contributed by atoms with Crippen molar-refractivity contribution in [3.63, 3.8) is 0 Å². The van der Waals surface area contributed by atoms with Crippen molar-refractivity contribution in [1.82, 2.24) is 0 Å². The maximum absolute atomic E-state index is 9.00. The summed E-state index contributed by atoms with van der Waals surface area (Å²) in [5.74, 6) is -0.833. The van der Waals surface area contributed by atoms with Gasteiger partial charge in [0.05, 0.1) is 0 Å². The fraction of sp³-hybridized carbons (Fsp3) is 0.800. The third-order valence-electron chi connectivity index (χ3n) is 0.408. The Balaban J connectivity index is 0. The van der Waals surface area contributed by atoms with Gasteiger partial charge in [0.25, 0.3) is 5.97 Å². The van der Waals surface area contributed by atoms with Gasteiger partial charge in [0.1, 0.15) is 0 Å². The average molecular weight is 134 g/mol. The summed E-state index contributed by atoms with van der Waals surface area (Å²) in [5.41, 5.74) is 10.1. The quantitative estimate of drug-likeness (QED) is 0.469.